The van der Waals surface area contributed by atoms with Gasteiger partial charge in [0, 0.05) is 37.4 Å². The van der Waals surface area contributed by atoms with Crippen LogP contribution < -0.4 is 5.32 Å². The number of amides is 3. The molecule has 0 aromatic heterocycles. The van der Waals surface area contributed by atoms with Gasteiger partial charge in [-0.1, -0.05) is 13.8 Å². The van der Waals surface area contributed by atoms with E-state index < -0.39 is 0 Å². The highest BCUT2D eigenvalue weighted by molar-refractivity contribution is 7.99. The van der Waals surface area contributed by atoms with Crippen molar-refractivity contribution in [1.29, 1.82) is 0 Å². The summed E-state index contributed by atoms with van der Waals surface area (Å²) in [5, 5.41) is 2.75. The summed E-state index contributed by atoms with van der Waals surface area (Å²) in [5.41, 5.74) is 0. The molecule has 1 aliphatic rings. The first-order chi connectivity index (χ1) is 11.4. The predicted octanol–water partition coefficient (Wildman–Crippen LogP) is 0.740. The zero-order chi connectivity index (χ0) is 17.9. The number of carbonyl (C=O) groups excluding carboxylic acids is 4. The Labute approximate surface area is 146 Å². The molecule has 0 unspecified atom stereocenters. The number of hydrogen-bond donors (Lipinski definition) is 1. The van der Waals surface area contributed by atoms with Crippen molar-refractivity contribution in [3.05, 3.63) is 12.2 Å². The van der Waals surface area contributed by atoms with Gasteiger partial charge in [-0.05, 0) is 12.2 Å². The van der Waals surface area contributed by atoms with Crippen molar-refractivity contribution in [2.24, 2.45) is 5.92 Å². The Hall–Kier alpha value is -1.83. The molecule has 1 rings (SSSR count). The van der Waals surface area contributed by atoms with Gasteiger partial charge < -0.3 is 10.1 Å². The van der Waals surface area contributed by atoms with E-state index in [9.17, 15) is 19.2 Å². The molecule has 8 heteroatoms. The quantitative estimate of drug-likeness (QED) is 0.333. The van der Waals surface area contributed by atoms with Gasteiger partial charge in [0.15, 0.2) is 0 Å². The van der Waals surface area contributed by atoms with E-state index in [1.807, 2.05) is 0 Å². The minimum absolute atomic E-state index is 0.102. The Kier molecular flexibility index (Phi) is 9.14. The van der Waals surface area contributed by atoms with Crippen molar-refractivity contribution in [2.75, 3.05) is 31.2 Å². The molecule has 24 heavy (non-hydrogen) atoms. The van der Waals surface area contributed by atoms with E-state index in [-0.39, 0.29) is 42.6 Å². The first-order valence-electron chi connectivity index (χ1n) is 7.96. The number of nitrogens with zero attached hydrogens (tertiary/aromatic N) is 1. The average molecular weight is 356 g/mol. The zero-order valence-electron chi connectivity index (χ0n) is 14.1. The number of rotatable bonds is 11. The molecule has 0 aromatic carbocycles. The van der Waals surface area contributed by atoms with E-state index >= 15 is 0 Å². The van der Waals surface area contributed by atoms with E-state index in [0.29, 0.717) is 13.2 Å². The first kappa shape index (κ1) is 20.2. The lowest BCUT2D eigenvalue weighted by atomic mass is 10.2. The molecule has 0 atom stereocenters. The van der Waals surface area contributed by atoms with E-state index in [2.05, 4.69) is 5.32 Å². The Morgan fingerprint density at radius 3 is 2.50 bits per heavy atom. The van der Waals surface area contributed by atoms with Crippen molar-refractivity contribution in [3.63, 3.8) is 0 Å². The summed E-state index contributed by atoms with van der Waals surface area (Å²) >= 11 is 1.66. The molecule has 1 heterocycles. The molecule has 1 N–H and O–H groups in total. The standard InChI is InChI=1S/C16H24N2O5S/c1-12(2)16(22)23-9-3-10-24-11-7-17-13(19)6-8-18-14(20)4-5-15(18)21/h4-5,12H,3,6-11H2,1-2H3,(H,17,19). The summed E-state index contributed by atoms with van der Waals surface area (Å²) in [4.78, 5) is 46.5. The fourth-order valence-corrected chi connectivity index (χ4v) is 2.59. The highest BCUT2D eigenvalue weighted by Crippen LogP contribution is 2.05. The van der Waals surface area contributed by atoms with Crippen molar-refractivity contribution in [2.45, 2.75) is 26.7 Å². The maximum atomic E-state index is 11.6. The van der Waals surface area contributed by atoms with Gasteiger partial charge in [0.05, 0.1) is 12.5 Å². The van der Waals surface area contributed by atoms with Crippen LogP contribution in [0.1, 0.15) is 26.7 Å². The highest BCUT2D eigenvalue weighted by Gasteiger charge is 2.23. The molecular formula is C16H24N2O5S. The van der Waals surface area contributed by atoms with Gasteiger partial charge in [-0.15, -0.1) is 0 Å². The number of carbonyl (C=O) groups is 4. The summed E-state index contributed by atoms with van der Waals surface area (Å²) in [6.07, 6.45) is 3.29. The summed E-state index contributed by atoms with van der Waals surface area (Å²) in [7, 11) is 0. The highest BCUT2D eigenvalue weighted by atomic mass is 32.2. The molecule has 0 aromatic rings. The SMILES string of the molecule is CC(C)C(=O)OCCCSCCNC(=O)CCN1C(=O)C=CC1=O. The third-order valence-electron chi connectivity index (χ3n) is 3.18. The Morgan fingerprint density at radius 2 is 1.88 bits per heavy atom. The lowest BCUT2D eigenvalue weighted by Gasteiger charge is -2.13. The van der Waals surface area contributed by atoms with E-state index in [4.69, 9.17) is 4.74 Å². The van der Waals surface area contributed by atoms with Gasteiger partial charge in [-0.3, -0.25) is 24.1 Å². The van der Waals surface area contributed by atoms with Crippen LogP contribution in [-0.2, 0) is 23.9 Å². The van der Waals surface area contributed by atoms with Crippen LogP contribution in [0.25, 0.3) is 0 Å². The Bertz CT molecular complexity index is 487. The molecular weight excluding hydrogens is 332 g/mol. The van der Waals surface area contributed by atoms with Crippen molar-refractivity contribution in [3.8, 4) is 0 Å². The van der Waals surface area contributed by atoms with Crippen LogP contribution in [0.4, 0.5) is 0 Å². The molecule has 134 valence electrons. The number of imide groups is 1. The van der Waals surface area contributed by atoms with Gasteiger partial charge in [0.1, 0.15) is 0 Å². The van der Waals surface area contributed by atoms with Crippen LogP contribution in [0, 0.1) is 5.92 Å². The average Bonchev–Trinajstić information content (AvgIpc) is 2.86. The normalized spacial score (nSPS) is 13.7. The fraction of sp³-hybridized carbons (Fsp3) is 0.625. The maximum Gasteiger partial charge on any atom is 0.308 e. The zero-order valence-corrected chi connectivity index (χ0v) is 14.9. The second-order valence-electron chi connectivity index (χ2n) is 5.55. The largest absolute Gasteiger partial charge is 0.465 e. The van der Waals surface area contributed by atoms with E-state index in [1.54, 1.807) is 25.6 Å². The van der Waals surface area contributed by atoms with Crippen LogP contribution in [-0.4, -0.2) is 59.8 Å². The predicted molar refractivity (Wildman–Crippen MR) is 91.2 cm³/mol. The molecule has 0 spiro atoms. The smallest absolute Gasteiger partial charge is 0.308 e. The van der Waals surface area contributed by atoms with Gasteiger partial charge in [0.25, 0.3) is 11.8 Å². The summed E-state index contributed by atoms with van der Waals surface area (Å²) < 4.78 is 5.06. The molecule has 0 bridgehead atoms. The van der Waals surface area contributed by atoms with Crippen LogP contribution in [0.2, 0.25) is 0 Å². The number of esters is 1. The van der Waals surface area contributed by atoms with Crippen molar-refractivity contribution >= 4 is 35.5 Å². The van der Waals surface area contributed by atoms with Gasteiger partial charge >= 0.3 is 5.97 Å². The van der Waals surface area contributed by atoms with Crippen LogP contribution in [0.3, 0.4) is 0 Å². The van der Waals surface area contributed by atoms with Crippen LogP contribution in [0.15, 0.2) is 12.2 Å². The van der Waals surface area contributed by atoms with Gasteiger partial charge in [0.2, 0.25) is 5.91 Å². The number of nitrogens with one attached hydrogen (secondary N) is 1. The minimum Gasteiger partial charge on any atom is -0.465 e. The molecule has 0 aliphatic carbocycles. The summed E-state index contributed by atoms with van der Waals surface area (Å²) in [6, 6.07) is 0. The van der Waals surface area contributed by atoms with Crippen molar-refractivity contribution < 1.29 is 23.9 Å². The third kappa shape index (κ3) is 7.63. The second kappa shape index (κ2) is 10.9. The summed E-state index contributed by atoms with van der Waals surface area (Å²) in [5.74, 6) is 0.390. The number of hydrogen-bond acceptors (Lipinski definition) is 6. The molecule has 7 nitrogen and oxygen atoms in total. The fourth-order valence-electron chi connectivity index (χ4n) is 1.82. The van der Waals surface area contributed by atoms with E-state index in [0.717, 1.165) is 22.8 Å². The molecule has 0 radical (unpaired) electrons. The number of thioether (sulfide) groups is 1. The Morgan fingerprint density at radius 1 is 1.21 bits per heavy atom. The van der Waals surface area contributed by atoms with Crippen LogP contribution in [0.5, 0.6) is 0 Å². The first-order valence-corrected chi connectivity index (χ1v) is 9.12. The second-order valence-corrected chi connectivity index (χ2v) is 6.77. The molecule has 0 fully saturated rings. The lowest BCUT2D eigenvalue weighted by molar-refractivity contribution is -0.147. The molecule has 0 saturated heterocycles. The molecule has 0 saturated carbocycles. The molecule has 1 aliphatic heterocycles. The third-order valence-corrected chi connectivity index (χ3v) is 4.25. The van der Waals surface area contributed by atoms with E-state index in [1.165, 1.54) is 12.2 Å². The van der Waals surface area contributed by atoms with Gasteiger partial charge in [-0.25, -0.2) is 0 Å². The van der Waals surface area contributed by atoms with Gasteiger partial charge in [-0.2, -0.15) is 11.8 Å². The summed E-state index contributed by atoms with van der Waals surface area (Å²) in [6.45, 7) is 4.64. The minimum atomic E-state index is -0.374. The topological polar surface area (TPSA) is 92.8 Å². The maximum absolute atomic E-state index is 11.6. The lowest BCUT2D eigenvalue weighted by Crippen LogP contribution is -2.35. The van der Waals surface area contributed by atoms with Crippen LogP contribution >= 0.6 is 11.8 Å². The van der Waals surface area contributed by atoms with Crippen molar-refractivity contribution in [1.82, 2.24) is 10.2 Å². The Balaban J connectivity index is 1.96. The molecule has 3 amide bonds. The monoisotopic (exact) mass is 356 g/mol. The number of ether oxygens (including phenoxy) is 1.